The number of benzene rings is 2. The molecule has 1 atom stereocenters. The van der Waals surface area contributed by atoms with E-state index in [9.17, 15) is 0 Å². The normalized spacial score (nSPS) is 12.3. The molecule has 0 aliphatic heterocycles. The molecule has 0 saturated heterocycles. The molecule has 0 fully saturated rings. The van der Waals surface area contributed by atoms with Gasteiger partial charge in [-0.15, -0.1) is 11.6 Å². The maximum Gasteiger partial charge on any atom is 0.124 e. The lowest BCUT2D eigenvalue weighted by Crippen LogP contribution is -1.99. The van der Waals surface area contributed by atoms with Crippen LogP contribution in [0.15, 0.2) is 34.8 Å². The number of ether oxygens (including phenoxy) is 1. The fourth-order valence-corrected chi connectivity index (χ4v) is 3.22. The Balaban J connectivity index is 2.52. The third-order valence-corrected chi connectivity index (χ3v) is 4.91. The van der Waals surface area contributed by atoms with E-state index in [0.29, 0.717) is 10.0 Å². The molecule has 2 aromatic carbocycles. The van der Waals surface area contributed by atoms with Crippen LogP contribution in [0.3, 0.4) is 0 Å². The first-order chi connectivity index (χ1) is 9.43. The van der Waals surface area contributed by atoms with E-state index in [1.54, 1.807) is 19.2 Å². The van der Waals surface area contributed by atoms with Crippen molar-refractivity contribution < 1.29 is 4.74 Å². The van der Waals surface area contributed by atoms with Gasteiger partial charge >= 0.3 is 0 Å². The third-order valence-electron chi connectivity index (χ3n) is 3.02. The van der Waals surface area contributed by atoms with Crippen molar-refractivity contribution in [3.05, 3.63) is 61.5 Å². The van der Waals surface area contributed by atoms with Gasteiger partial charge in [0, 0.05) is 20.1 Å². The van der Waals surface area contributed by atoms with Crippen molar-refractivity contribution in [1.29, 1.82) is 0 Å². The highest BCUT2D eigenvalue weighted by molar-refractivity contribution is 9.10. The van der Waals surface area contributed by atoms with Gasteiger partial charge in [-0.25, -0.2) is 0 Å². The smallest absolute Gasteiger partial charge is 0.124 e. The van der Waals surface area contributed by atoms with Gasteiger partial charge in [0.1, 0.15) is 5.75 Å². The lowest BCUT2D eigenvalue weighted by Gasteiger charge is -2.17. The minimum atomic E-state index is -0.411. The molecular formula is C15H12BrCl3O. The zero-order valence-corrected chi connectivity index (χ0v) is 14.7. The summed E-state index contributed by atoms with van der Waals surface area (Å²) in [5, 5.41) is 0.711. The van der Waals surface area contributed by atoms with Crippen LogP contribution in [0.5, 0.6) is 5.75 Å². The Labute approximate surface area is 141 Å². The maximum atomic E-state index is 6.57. The molecule has 5 heteroatoms. The largest absolute Gasteiger partial charge is 0.496 e. The molecule has 2 rings (SSSR count). The maximum absolute atomic E-state index is 6.57. The minimum absolute atomic E-state index is 0.411. The zero-order chi connectivity index (χ0) is 14.9. The first-order valence-corrected chi connectivity index (χ1v) is 7.85. The predicted molar refractivity (Wildman–Crippen MR) is 89.6 cm³/mol. The van der Waals surface area contributed by atoms with Gasteiger partial charge in [-0.3, -0.25) is 0 Å². The second-order valence-electron chi connectivity index (χ2n) is 4.37. The quantitative estimate of drug-likeness (QED) is 0.547. The van der Waals surface area contributed by atoms with Crippen LogP contribution in [0.1, 0.15) is 22.1 Å². The Kier molecular flexibility index (Phi) is 5.25. The van der Waals surface area contributed by atoms with Crippen molar-refractivity contribution in [2.45, 2.75) is 12.3 Å². The van der Waals surface area contributed by atoms with Crippen molar-refractivity contribution in [1.82, 2.24) is 0 Å². The van der Waals surface area contributed by atoms with E-state index < -0.39 is 5.38 Å². The van der Waals surface area contributed by atoms with Gasteiger partial charge in [0.15, 0.2) is 0 Å². The number of alkyl halides is 1. The van der Waals surface area contributed by atoms with Gasteiger partial charge in [0.25, 0.3) is 0 Å². The second kappa shape index (κ2) is 6.57. The molecule has 2 aromatic rings. The number of aryl methyl sites for hydroxylation is 1. The van der Waals surface area contributed by atoms with E-state index in [4.69, 9.17) is 39.5 Å². The van der Waals surface area contributed by atoms with Gasteiger partial charge in [-0.05, 0) is 42.3 Å². The molecule has 0 N–H and O–H groups in total. The first kappa shape index (κ1) is 16.0. The number of hydrogen-bond donors (Lipinski definition) is 0. The Morgan fingerprint density at radius 2 is 1.80 bits per heavy atom. The molecule has 20 heavy (non-hydrogen) atoms. The van der Waals surface area contributed by atoms with Crippen LogP contribution in [-0.2, 0) is 0 Å². The lowest BCUT2D eigenvalue weighted by molar-refractivity contribution is 0.409. The Morgan fingerprint density at radius 1 is 1.10 bits per heavy atom. The van der Waals surface area contributed by atoms with Crippen LogP contribution in [0.25, 0.3) is 0 Å². The molecule has 1 unspecified atom stereocenters. The topological polar surface area (TPSA) is 9.23 Å². The van der Waals surface area contributed by atoms with E-state index in [1.165, 1.54) is 0 Å². The second-order valence-corrected chi connectivity index (χ2v) is 6.51. The summed E-state index contributed by atoms with van der Waals surface area (Å²) >= 11 is 22.2. The molecule has 0 aliphatic carbocycles. The van der Waals surface area contributed by atoms with Crippen LogP contribution in [0.4, 0.5) is 0 Å². The molecule has 0 aromatic heterocycles. The highest BCUT2D eigenvalue weighted by atomic mass is 79.9. The van der Waals surface area contributed by atoms with E-state index in [-0.39, 0.29) is 0 Å². The van der Waals surface area contributed by atoms with E-state index in [2.05, 4.69) is 15.9 Å². The molecule has 0 spiro atoms. The summed E-state index contributed by atoms with van der Waals surface area (Å²) in [5.41, 5.74) is 2.74. The summed E-state index contributed by atoms with van der Waals surface area (Å²) in [6, 6.07) is 9.18. The summed E-state index contributed by atoms with van der Waals surface area (Å²) in [4.78, 5) is 0. The van der Waals surface area contributed by atoms with E-state index in [0.717, 1.165) is 26.9 Å². The predicted octanol–water partition coefficient (Wildman–Crippen LogP) is 6.40. The SMILES string of the molecule is COc1cc(C)c(Br)cc1C(Cl)c1ccc(Cl)cc1Cl. The highest BCUT2D eigenvalue weighted by Crippen LogP contribution is 2.40. The zero-order valence-electron chi connectivity index (χ0n) is 10.9. The molecule has 0 amide bonds. The summed E-state index contributed by atoms with van der Waals surface area (Å²) < 4.78 is 6.39. The average molecular weight is 395 g/mol. The van der Waals surface area contributed by atoms with Gasteiger partial charge in [-0.2, -0.15) is 0 Å². The van der Waals surface area contributed by atoms with Crippen LogP contribution >= 0.6 is 50.7 Å². The summed E-state index contributed by atoms with van der Waals surface area (Å²) in [6.45, 7) is 1.99. The highest BCUT2D eigenvalue weighted by Gasteiger charge is 2.19. The summed E-state index contributed by atoms with van der Waals surface area (Å²) in [6.07, 6.45) is 0. The van der Waals surface area contributed by atoms with E-state index >= 15 is 0 Å². The number of halogens is 4. The van der Waals surface area contributed by atoms with E-state index in [1.807, 2.05) is 25.1 Å². The minimum Gasteiger partial charge on any atom is -0.496 e. The van der Waals surface area contributed by atoms with Gasteiger partial charge in [-0.1, -0.05) is 45.2 Å². The van der Waals surface area contributed by atoms with Crippen molar-refractivity contribution in [2.75, 3.05) is 7.11 Å². The summed E-state index contributed by atoms with van der Waals surface area (Å²) in [7, 11) is 1.62. The van der Waals surface area contributed by atoms with Crippen LogP contribution in [-0.4, -0.2) is 7.11 Å². The first-order valence-electron chi connectivity index (χ1n) is 5.87. The molecule has 106 valence electrons. The van der Waals surface area contributed by atoms with Crippen LogP contribution < -0.4 is 4.74 Å². The van der Waals surface area contributed by atoms with Crippen LogP contribution in [0.2, 0.25) is 10.0 Å². The van der Waals surface area contributed by atoms with Gasteiger partial charge in [0.05, 0.1) is 12.5 Å². The number of rotatable bonds is 3. The molecule has 0 saturated carbocycles. The lowest BCUT2D eigenvalue weighted by atomic mass is 10.0. The third kappa shape index (κ3) is 3.25. The summed E-state index contributed by atoms with van der Waals surface area (Å²) in [5.74, 6) is 0.733. The van der Waals surface area contributed by atoms with Crippen molar-refractivity contribution in [2.24, 2.45) is 0 Å². The number of methoxy groups -OCH3 is 1. The standard InChI is InChI=1S/C15H12BrCl3O/c1-8-5-14(20-2)11(7-12(8)16)15(19)10-4-3-9(17)6-13(10)18/h3-7,15H,1-2H3. The monoisotopic (exact) mass is 392 g/mol. The van der Waals surface area contributed by atoms with Crippen LogP contribution in [0, 0.1) is 6.92 Å². The van der Waals surface area contributed by atoms with Gasteiger partial charge in [0.2, 0.25) is 0 Å². The molecule has 1 nitrogen and oxygen atoms in total. The van der Waals surface area contributed by atoms with Crippen molar-refractivity contribution in [3.8, 4) is 5.75 Å². The number of hydrogen-bond acceptors (Lipinski definition) is 1. The fraction of sp³-hybridized carbons (Fsp3) is 0.200. The Bertz CT molecular complexity index is 643. The molecule has 0 aliphatic rings. The average Bonchev–Trinajstić information content (AvgIpc) is 2.40. The molecule has 0 radical (unpaired) electrons. The Morgan fingerprint density at radius 3 is 2.40 bits per heavy atom. The van der Waals surface area contributed by atoms with Crippen molar-refractivity contribution in [3.63, 3.8) is 0 Å². The van der Waals surface area contributed by atoms with Gasteiger partial charge < -0.3 is 4.74 Å². The molecular weight excluding hydrogens is 382 g/mol. The molecule has 0 heterocycles. The van der Waals surface area contributed by atoms with Crippen molar-refractivity contribution >= 4 is 50.7 Å². The fourth-order valence-electron chi connectivity index (χ4n) is 1.92. The molecule has 0 bridgehead atoms. The Hall–Kier alpha value is -0.410.